The highest BCUT2D eigenvalue weighted by atomic mass is 79.9. The molecule has 0 aliphatic rings. The second-order valence-electron chi connectivity index (χ2n) is 6.72. The molecule has 0 saturated heterocycles. The maximum atomic E-state index is 12.5. The summed E-state index contributed by atoms with van der Waals surface area (Å²) in [7, 11) is 0. The number of halogens is 2. The van der Waals surface area contributed by atoms with Crippen LogP contribution < -0.4 is 11.1 Å². The van der Waals surface area contributed by atoms with E-state index in [9.17, 15) is 4.79 Å². The quantitative estimate of drug-likeness (QED) is 0.643. The highest BCUT2D eigenvalue weighted by molar-refractivity contribution is 9.10. The molecule has 136 valence electrons. The normalized spacial score (nSPS) is 13.0. The number of hydrogen-bond donors (Lipinski definition) is 2. The fourth-order valence-corrected chi connectivity index (χ4v) is 3.18. The zero-order chi connectivity index (χ0) is 18.9. The molecule has 1 atom stereocenters. The van der Waals surface area contributed by atoms with Gasteiger partial charge in [0.25, 0.3) is 0 Å². The second kappa shape index (κ2) is 7.34. The lowest BCUT2D eigenvalue weighted by atomic mass is 10.0. The first-order chi connectivity index (χ1) is 12.2. The Morgan fingerprint density at radius 1 is 1.35 bits per heavy atom. The van der Waals surface area contributed by atoms with E-state index in [1.165, 1.54) is 0 Å². The molecule has 0 unspecified atom stereocenters. The first kappa shape index (κ1) is 18.8. The minimum absolute atomic E-state index is 0.267. The van der Waals surface area contributed by atoms with Crippen molar-refractivity contribution in [1.29, 1.82) is 0 Å². The summed E-state index contributed by atoms with van der Waals surface area (Å²) in [5.74, 6) is 0.330. The van der Waals surface area contributed by atoms with Gasteiger partial charge in [-0.1, -0.05) is 39.7 Å². The van der Waals surface area contributed by atoms with Crippen molar-refractivity contribution >= 4 is 39.1 Å². The molecule has 0 fully saturated rings. The van der Waals surface area contributed by atoms with Gasteiger partial charge in [-0.3, -0.25) is 9.20 Å². The Morgan fingerprint density at radius 2 is 2.12 bits per heavy atom. The van der Waals surface area contributed by atoms with Gasteiger partial charge >= 0.3 is 0 Å². The average Bonchev–Trinajstić information content (AvgIpc) is 2.96. The van der Waals surface area contributed by atoms with Gasteiger partial charge in [-0.15, -0.1) is 10.2 Å². The third-order valence-electron chi connectivity index (χ3n) is 3.92. The SMILES string of the molecule is CC(C)(N)C(=O)N[C@H](Cc1cccc(Br)c1)c1nnc2ccc(Cl)cn12. The van der Waals surface area contributed by atoms with E-state index in [1.807, 2.05) is 24.3 Å². The molecule has 2 heterocycles. The van der Waals surface area contributed by atoms with E-state index in [0.29, 0.717) is 22.9 Å². The largest absolute Gasteiger partial charge is 0.344 e. The highest BCUT2D eigenvalue weighted by Crippen LogP contribution is 2.22. The van der Waals surface area contributed by atoms with Crippen molar-refractivity contribution in [1.82, 2.24) is 19.9 Å². The van der Waals surface area contributed by atoms with E-state index in [-0.39, 0.29) is 5.91 Å². The van der Waals surface area contributed by atoms with Crippen molar-refractivity contribution in [2.45, 2.75) is 31.8 Å². The number of carbonyl (C=O) groups excluding carboxylic acids is 1. The molecule has 1 amide bonds. The molecule has 0 saturated carbocycles. The molecule has 3 aromatic rings. The van der Waals surface area contributed by atoms with E-state index in [0.717, 1.165) is 10.0 Å². The molecule has 2 aromatic heterocycles. The number of amides is 1. The molecule has 0 aliphatic heterocycles. The van der Waals surface area contributed by atoms with Gasteiger partial charge in [0.2, 0.25) is 5.91 Å². The van der Waals surface area contributed by atoms with Crippen LogP contribution in [0.3, 0.4) is 0 Å². The first-order valence-corrected chi connectivity index (χ1v) is 9.25. The van der Waals surface area contributed by atoms with Gasteiger partial charge in [-0.25, -0.2) is 0 Å². The van der Waals surface area contributed by atoms with E-state index in [1.54, 1.807) is 36.6 Å². The zero-order valence-electron chi connectivity index (χ0n) is 14.4. The van der Waals surface area contributed by atoms with Gasteiger partial charge in [-0.05, 0) is 43.7 Å². The molecule has 0 radical (unpaired) electrons. The number of nitrogens with one attached hydrogen (secondary N) is 1. The van der Waals surface area contributed by atoms with Crippen molar-refractivity contribution < 1.29 is 4.79 Å². The molecule has 0 aliphatic carbocycles. The van der Waals surface area contributed by atoms with Crippen molar-refractivity contribution in [3.05, 3.63) is 63.5 Å². The van der Waals surface area contributed by atoms with Crippen LogP contribution in [0.4, 0.5) is 0 Å². The van der Waals surface area contributed by atoms with Crippen LogP contribution >= 0.6 is 27.5 Å². The molecule has 6 nitrogen and oxygen atoms in total. The number of nitrogens with two attached hydrogens (primary N) is 1. The smallest absolute Gasteiger partial charge is 0.240 e. The molecule has 0 spiro atoms. The lowest BCUT2D eigenvalue weighted by molar-refractivity contribution is -0.126. The van der Waals surface area contributed by atoms with Gasteiger partial charge < -0.3 is 11.1 Å². The average molecular weight is 437 g/mol. The van der Waals surface area contributed by atoms with Crippen LogP contribution in [0.15, 0.2) is 47.1 Å². The predicted octanol–water partition coefficient (Wildman–Crippen LogP) is 3.28. The molecular formula is C18H19BrClN5O. The fourth-order valence-electron chi connectivity index (χ4n) is 2.57. The number of aromatic nitrogens is 3. The number of hydrogen-bond acceptors (Lipinski definition) is 4. The molecule has 3 rings (SSSR count). The Hall–Kier alpha value is -1.96. The molecule has 1 aromatic carbocycles. The highest BCUT2D eigenvalue weighted by Gasteiger charge is 2.28. The summed E-state index contributed by atoms with van der Waals surface area (Å²) in [5.41, 5.74) is 6.64. The lowest BCUT2D eigenvalue weighted by Crippen LogP contribution is -2.50. The molecule has 8 heteroatoms. The van der Waals surface area contributed by atoms with Crippen LogP contribution in [0.1, 0.15) is 31.3 Å². The van der Waals surface area contributed by atoms with E-state index in [4.69, 9.17) is 17.3 Å². The van der Waals surface area contributed by atoms with Gasteiger partial charge in [0.1, 0.15) is 0 Å². The summed E-state index contributed by atoms with van der Waals surface area (Å²) < 4.78 is 2.75. The topological polar surface area (TPSA) is 85.3 Å². The van der Waals surface area contributed by atoms with Crippen molar-refractivity contribution in [2.75, 3.05) is 0 Å². The Morgan fingerprint density at radius 3 is 2.81 bits per heavy atom. The maximum Gasteiger partial charge on any atom is 0.240 e. The van der Waals surface area contributed by atoms with Gasteiger partial charge in [-0.2, -0.15) is 0 Å². The Bertz CT molecular complexity index is 950. The van der Waals surface area contributed by atoms with E-state index < -0.39 is 11.6 Å². The van der Waals surface area contributed by atoms with E-state index >= 15 is 0 Å². The number of nitrogens with zero attached hydrogens (tertiary/aromatic N) is 3. The Balaban J connectivity index is 2.01. The van der Waals surface area contributed by atoms with Crippen LogP contribution in [0, 0.1) is 0 Å². The Kier molecular flexibility index (Phi) is 5.32. The summed E-state index contributed by atoms with van der Waals surface area (Å²) in [6.07, 6.45) is 2.27. The fraction of sp³-hybridized carbons (Fsp3) is 0.278. The van der Waals surface area contributed by atoms with Crippen molar-refractivity contribution in [3.8, 4) is 0 Å². The third-order valence-corrected chi connectivity index (χ3v) is 4.64. The second-order valence-corrected chi connectivity index (χ2v) is 8.07. The third kappa shape index (κ3) is 4.23. The van der Waals surface area contributed by atoms with Crippen LogP contribution in [-0.4, -0.2) is 26.0 Å². The summed E-state index contributed by atoms with van der Waals surface area (Å²) in [4.78, 5) is 12.5. The zero-order valence-corrected chi connectivity index (χ0v) is 16.8. The molecule has 3 N–H and O–H groups in total. The van der Waals surface area contributed by atoms with Crippen LogP contribution in [0.2, 0.25) is 5.02 Å². The Labute approximate surface area is 164 Å². The van der Waals surface area contributed by atoms with Gasteiger partial charge in [0, 0.05) is 17.1 Å². The monoisotopic (exact) mass is 435 g/mol. The summed E-state index contributed by atoms with van der Waals surface area (Å²) in [6.45, 7) is 3.33. The molecule has 0 bridgehead atoms. The number of benzene rings is 1. The van der Waals surface area contributed by atoms with Gasteiger partial charge in [0.05, 0.1) is 16.6 Å². The van der Waals surface area contributed by atoms with Crippen LogP contribution in [0.25, 0.3) is 5.65 Å². The van der Waals surface area contributed by atoms with Crippen LogP contribution in [-0.2, 0) is 11.2 Å². The number of rotatable bonds is 5. The summed E-state index contributed by atoms with van der Waals surface area (Å²) >= 11 is 9.60. The van der Waals surface area contributed by atoms with E-state index in [2.05, 4.69) is 31.4 Å². The van der Waals surface area contributed by atoms with Crippen molar-refractivity contribution in [2.24, 2.45) is 5.73 Å². The number of carbonyl (C=O) groups is 1. The van der Waals surface area contributed by atoms with Crippen molar-refractivity contribution in [3.63, 3.8) is 0 Å². The summed E-state index contributed by atoms with van der Waals surface area (Å²) in [6, 6.07) is 11.0. The minimum atomic E-state index is -1.01. The maximum absolute atomic E-state index is 12.5. The molecular weight excluding hydrogens is 418 g/mol. The standard InChI is InChI=1S/C18H19BrClN5O/c1-18(2,21)17(26)22-14(9-11-4-3-5-12(19)8-11)16-24-23-15-7-6-13(20)10-25(15)16/h3-8,10,14H,9,21H2,1-2H3,(H,22,26)/t14-/m1/s1. The predicted molar refractivity (Wildman–Crippen MR) is 105 cm³/mol. The summed E-state index contributed by atoms with van der Waals surface area (Å²) in [5, 5.41) is 12.0. The molecule has 26 heavy (non-hydrogen) atoms. The lowest BCUT2D eigenvalue weighted by Gasteiger charge is -2.23. The van der Waals surface area contributed by atoms with Gasteiger partial charge in [0.15, 0.2) is 11.5 Å². The number of pyridine rings is 1. The minimum Gasteiger partial charge on any atom is -0.344 e. The number of fused-ring (bicyclic) bond motifs is 1. The first-order valence-electron chi connectivity index (χ1n) is 8.08. The van der Waals surface area contributed by atoms with Crippen LogP contribution in [0.5, 0.6) is 0 Å².